The summed E-state index contributed by atoms with van der Waals surface area (Å²) in [6.45, 7) is 4.43. The maximum Gasteiger partial charge on any atom is 0.0504 e. The highest BCUT2D eigenvalue weighted by atomic mass is 32.2. The Morgan fingerprint density at radius 2 is 2.08 bits per heavy atom. The minimum Gasteiger partial charge on any atom is -0.309 e. The van der Waals surface area contributed by atoms with Crippen molar-refractivity contribution in [3.8, 4) is 0 Å². The molecule has 13 heavy (non-hydrogen) atoms. The number of nitrogens with one attached hydrogen (secondary N) is 1. The first-order chi connectivity index (χ1) is 6.16. The summed E-state index contributed by atoms with van der Waals surface area (Å²) >= 11 is 0. The maximum absolute atomic E-state index is 11.9. The van der Waals surface area contributed by atoms with E-state index in [0.29, 0.717) is 17.3 Å². The smallest absolute Gasteiger partial charge is 0.0504 e. The molecule has 1 saturated heterocycles. The van der Waals surface area contributed by atoms with Crippen LogP contribution in [0.2, 0.25) is 0 Å². The summed E-state index contributed by atoms with van der Waals surface area (Å²) in [4.78, 5) is 0. The van der Waals surface area contributed by atoms with Crippen LogP contribution in [0.25, 0.3) is 0 Å². The normalized spacial score (nSPS) is 51.4. The van der Waals surface area contributed by atoms with Crippen molar-refractivity contribution in [2.45, 2.75) is 50.4 Å². The Hall–Kier alpha value is 0.110. The number of hydrogen-bond acceptors (Lipinski definition) is 2. The summed E-state index contributed by atoms with van der Waals surface area (Å²) in [6, 6.07) is 0.997. The van der Waals surface area contributed by atoms with E-state index in [2.05, 4.69) is 19.2 Å². The van der Waals surface area contributed by atoms with E-state index < -0.39 is 10.8 Å². The van der Waals surface area contributed by atoms with Gasteiger partial charge in [-0.1, -0.05) is 6.92 Å². The predicted molar refractivity (Wildman–Crippen MR) is 56.2 cm³/mol. The molecule has 0 spiro atoms. The van der Waals surface area contributed by atoms with Gasteiger partial charge in [-0.3, -0.25) is 4.21 Å². The molecule has 1 heterocycles. The van der Waals surface area contributed by atoms with Gasteiger partial charge in [0.2, 0.25) is 0 Å². The largest absolute Gasteiger partial charge is 0.309 e. The summed E-state index contributed by atoms with van der Waals surface area (Å²) < 4.78 is 11.9. The fourth-order valence-corrected chi connectivity index (χ4v) is 4.55. The van der Waals surface area contributed by atoms with Crippen LogP contribution in [-0.4, -0.2) is 27.3 Å². The highest BCUT2D eigenvalue weighted by Gasteiger charge is 2.37. The standard InChI is InChI=1S/C10H19NOS/c1-7-3-4-9-10(5-7)13(12)6-8(2)11-9/h7-11H,3-6H2,1-2H3. The van der Waals surface area contributed by atoms with Gasteiger partial charge in [-0.2, -0.15) is 0 Å². The summed E-state index contributed by atoms with van der Waals surface area (Å²) in [7, 11) is -0.570. The van der Waals surface area contributed by atoms with Crippen molar-refractivity contribution in [2.24, 2.45) is 5.92 Å². The van der Waals surface area contributed by atoms with Gasteiger partial charge in [-0.05, 0) is 32.1 Å². The molecule has 0 aromatic heterocycles. The third-order valence-electron chi connectivity index (χ3n) is 3.30. The Bertz CT molecular complexity index is 219. The van der Waals surface area contributed by atoms with Crippen LogP contribution >= 0.6 is 0 Å². The predicted octanol–water partition coefficient (Wildman–Crippen LogP) is 1.28. The van der Waals surface area contributed by atoms with Gasteiger partial charge >= 0.3 is 0 Å². The minimum atomic E-state index is -0.570. The van der Waals surface area contributed by atoms with Crippen LogP contribution in [0.5, 0.6) is 0 Å². The van der Waals surface area contributed by atoms with Crippen LogP contribution in [0.15, 0.2) is 0 Å². The molecule has 2 nitrogen and oxygen atoms in total. The Morgan fingerprint density at radius 1 is 1.31 bits per heavy atom. The summed E-state index contributed by atoms with van der Waals surface area (Å²) in [6.07, 6.45) is 3.69. The van der Waals surface area contributed by atoms with E-state index in [1.54, 1.807) is 0 Å². The van der Waals surface area contributed by atoms with Crippen LogP contribution < -0.4 is 5.32 Å². The number of fused-ring (bicyclic) bond motifs is 1. The Kier molecular flexibility index (Phi) is 2.75. The SMILES string of the molecule is CC1CCC2NC(C)CS(=O)C2C1. The molecular weight excluding hydrogens is 182 g/mol. The van der Waals surface area contributed by atoms with E-state index in [1.165, 1.54) is 12.8 Å². The fraction of sp³-hybridized carbons (Fsp3) is 1.00. The zero-order valence-electron chi connectivity index (χ0n) is 8.45. The second-order valence-electron chi connectivity index (χ2n) is 4.68. The third-order valence-corrected chi connectivity index (χ3v) is 5.33. The van der Waals surface area contributed by atoms with E-state index in [1.807, 2.05) is 0 Å². The summed E-state index contributed by atoms with van der Waals surface area (Å²) in [5.74, 6) is 1.63. The lowest BCUT2D eigenvalue weighted by atomic mass is 9.86. The molecule has 1 aliphatic heterocycles. The molecule has 0 radical (unpaired) electrons. The van der Waals surface area contributed by atoms with Crippen molar-refractivity contribution in [1.82, 2.24) is 5.32 Å². The van der Waals surface area contributed by atoms with Crippen LogP contribution in [0, 0.1) is 5.92 Å². The second-order valence-corrected chi connectivity index (χ2v) is 6.38. The minimum absolute atomic E-state index is 0.444. The van der Waals surface area contributed by atoms with Crippen LogP contribution in [0.1, 0.15) is 33.1 Å². The van der Waals surface area contributed by atoms with E-state index in [4.69, 9.17) is 0 Å². The maximum atomic E-state index is 11.9. The zero-order valence-corrected chi connectivity index (χ0v) is 9.27. The topological polar surface area (TPSA) is 29.1 Å². The van der Waals surface area contributed by atoms with Crippen LogP contribution in [-0.2, 0) is 10.8 Å². The van der Waals surface area contributed by atoms with Crippen molar-refractivity contribution in [2.75, 3.05) is 5.75 Å². The number of hydrogen-bond donors (Lipinski definition) is 1. The molecule has 0 amide bonds. The van der Waals surface area contributed by atoms with Crippen molar-refractivity contribution < 1.29 is 4.21 Å². The van der Waals surface area contributed by atoms with Gasteiger partial charge in [-0.15, -0.1) is 0 Å². The fourth-order valence-electron chi connectivity index (χ4n) is 2.59. The van der Waals surface area contributed by atoms with Gasteiger partial charge in [0.1, 0.15) is 0 Å². The first-order valence-corrected chi connectivity index (χ1v) is 6.68. The Morgan fingerprint density at radius 3 is 2.85 bits per heavy atom. The molecule has 1 aliphatic carbocycles. The molecule has 2 fully saturated rings. The molecule has 0 aromatic carbocycles. The Balaban J connectivity index is 2.06. The van der Waals surface area contributed by atoms with Gasteiger partial charge in [0.15, 0.2) is 0 Å². The monoisotopic (exact) mass is 201 g/mol. The molecule has 5 atom stereocenters. The quantitative estimate of drug-likeness (QED) is 0.640. The van der Waals surface area contributed by atoms with Gasteiger partial charge in [0, 0.05) is 28.6 Å². The van der Waals surface area contributed by atoms with Crippen LogP contribution in [0.3, 0.4) is 0 Å². The van der Waals surface area contributed by atoms with Gasteiger partial charge < -0.3 is 5.32 Å². The third kappa shape index (κ3) is 1.96. The first-order valence-electron chi connectivity index (χ1n) is 5.30. The molecule has 1 N–H and O–H groups in total. The van der Waals surface area contributed by atoms with Crippen molar-refractivity contribution in [1.29, 1.82) is 0 Å². The molecule has 0 aromatic rings. The average molecular weight is 201 g/mol. The molecule has 3 heteroatoms. The van der Waals surface area contributed by atoms with Crippen molar-refractivity contribution in [3.05, 3.63) is 0 Å². The van der Waals surface area contributed by atoms with E-state index in [-0.39, 0.29) is 0 Å². The molecule has 1 saturated carbocycles. The summed E-state index contributed by atoms with van der Waals surface area (Å²) in [5, 5.41) is 4.02. The Labute approximate surface area is 82.9 Å². The highest BCUT2D eigenvalue weighted by molar-refractivity contribution is 7.85. The number of rotatable bonds is 0. The molecule has 2 aliphatic rings. The lowest BCUT2D eigenvalue weighted by Crippen LogP contribution is -2.56. The molecular formula is C10H19NOS. The molecule has 0 bridgehead atoms. The molecule has 76 valence electrons. The van der Waals surface area contributed by atoms with E-state index >= 15 is 0 Å². The van der Waals surface area contributed by atoms with Gasteiger partial charge in [0.25, 0.3) is 0 Å². The lowest BCUT2D eigenvalue weighted by molar-refractivity contribution is 0.290. The zero-order chi connectivity index (χ0) is 9.42. The first kappa shape index (κ1) is 9.66. The second kappa shape index (κ2) is 3.70. The van der Waals surface area contributed by atoms with E-state index in [9.17, 15) is 4.21 Å². The van der Waals surface area contributed by atoms with Gasteiger partial charge in [-0.25, -0.2) is 0 Å². The summed E-state index contributed by atoms with van der Waals surface area (Å²) in [5.41, 5.74) is 0. The van der Waals surface area contributed by atoms with Crippen molar-refractivity contribution in [3.63, 3.8) is 0 Å². The highest BCUT2D eigenvalue weighted by Crippen LogP contribution is 2.30. The molecule has 2 rings (SSSR count). The van der Waals surface area contributed by atoms with E-state index in [0.717, 1.165) is 18.1 Å². The lowest BCUT2D eigenvalue weighted by Gasteiger charge is -2.40. The van der Waals surface area contributed by atoms with Gasteiger partial charge in [0.05, 0.1) is 5.25 Å². The molecule has 5 unspecified atom stereocenters. The van der Waals surface area contributed by atoms with Crippen LogP contribution in [0.4, 0.5) is 0 Å². The average Bonchev–Trinajstić information content (AvgIpc) is 2.06. The van der Waals surface area contributed by atoms with Crippen molar-refractivity contribution >= 4 is 10.8 Å².